The van der Waals surface area contributed by atoms with Crippen molar-refractivity contribution in [1.29, 1.82) is 0 Å². The largest absolute Gasteiger partial charge is 0.508 e. The second-order valence-corrected chi connectivity index (χ2v) is 9.32. The number of ether oxygens (including phenoxy) is 1. The molecule has 0 fully saturated rings. The molecule has 0 aromatic heterocycles. The Morgan fingerprint density at radius 2 is 1.77 bits per heavy atom. The van der Waals surface area contributed by atoms with E-state index in [9.17, 15) is 19.5 Å². The van der Waals surface area contributed by atoms with E-state index >= 15 is 0 Å². The van der Waals surface area contributed by atoms with Crippen LogP contribution in [0.15, 0.2) is 61.2 Å². The third-order valence-corrected chi connectivity index (χ3v) is 5.32. The lowest BCUT2D eigenvalue weighted by molar-refractivity contribution is -0.139. The van der Waals surface area contributed by atoms with Gasteiger partial charge in [0, 0.05) is 18.0 Å². The van der Waals surface area contributed by atoms with E-state index in [0.717, 1.165) is 5.56 Å². The van der Waals surface area contributed by atoms with E-state index in [1.54, 1.807) is 45.0 Å². The van der Waals surface area contributed by atoms with Crippen LogP contribution < -0.4 is 10.6 Å². The van der Waals surface area contributed by atoms with Gasteiger partial charge in [-0.3, -0.25) is 9.59 Å². The molecule has 2 aromatic rings. The smallest absolute Gasteiger partial charge is 0.408 e. The van der Waals surface area contributed by atoms with Crippen LogP contribution in [0.2, 0.25) is 0 Å². The molecule has 9 heteroatoms. The summed E-state index contributed by atoms with van der Waals surface area (Å²) in [6, 6.07) is 11.2. The Hall–Kier alpha value is -3.46. The molecule has 0 spiro atoms. The Labute approximate surface area is 211 Å². The molecule has 0 saturated carbocycles. The molecule has 0 saturated heterocycles. The summed E-state index contributed by atoms with van der Waals surface area (Å²) in [5.41, 5.74) is 1.17. The van der Waals surface area contributed by atoms with Crippen molar-refractivity contribution in [3.8, 4) is 5.75 Å². The highest BCUT2D eigenvalue weighted by atomic mass is 32.1. The SMILES string of the molecule is C=CCN(C(=O)C(CS)NC(=O)OC(C)(C)C)C(C(=O)Nc1ccccc1C)c1ccc(O)cc1. The average molecular weight is 500 g/mol. The number of anilines is 1. The van der Waals surface area contributed by atoms with E-state index < -0.39 is 35.6 Å². The normalized spacial score (nSPS) is 12.7. The van der Waals surface area contributed by atoms with Crippen molar-refractivity contribution >= 4 is 36.2 Å². The van der Waals surface area contributed by atoms with E-state index in [-0.39, 0.29) is 18.0 Å². The number of carbonyl (C=O) groups is 3. The number of nitrogens with zero attached hydrogens (tertiary/aromatic N) is 1. The predicted octanol–water partition coefficient (Wildman–Crippen LogP) is 4.22. The average Bonchev–Trinajstić information content (AvgIpc) is 2.78. The maximum Gasteiger partial charge on any atom is 0.408 e. The first-order valence-corrected chi connectivity index (χ1v) is 11.8. The molecule has 3 N–H and O–H groups in total. The third-order valence-electron chi connectivity index (χ3n) is 4.95. The number of amides is 3. The number of nitrogens with one attached hydrogen (secondary N) is 2. The van der Waals surface area contributed by atoms with Crippen LogP contribution >= 0.6 is 12.6 Å². The summed E-state index contributed by atoms with van der Waals surface area (Å²) in [5, 5.41) is 15.2. The lowest BCUT2D eigenvalue weighted by Gasteiger charge is -2.33. The number of hydrogen-bond acceptors (Lipinski definition) is 6. The molecule has 8 nitrogen and oxygen atoms in total. The van der Waals surface area contributed by atoms with Gasteiger partial charge in [-0.2, -0.15) is 12.6 Å². The van der Waals surface area contributed by atoms with Gasteiger partial charge in [0.05, 0.1) is 0 Å². The number of alkyl carbamates (subject to hydrolysis) is 1. The molecule has 2 unspecified atom stereocenters. The van der Waals surface area contributed by atoms with E-state index in [1.165, 1.54) is 23.1 Å². The van der Waals surface area contributed by atoms with Crippen LogP contribution in [-0.4, -0.2) is 51.9 Å². The van der Waals surface area contributed by atoms with Gasteiger partial charge in [-0.05, 0) is 57.0 Å². The lowest BCUT2D eigenvalue weighted by atomic mass is 10.0. The molecular weight excluding hydrogens is 466 g/mol. The molecule has 35 heavy (non-hydrogen) atoms. The first-order valence-electron chi connectivity index (χ1n) is 11.1. The number of phenols is 1. The summed E-state index contributed by atoms with van der Waals surface area (Å²) in [5.74, 6) is -1.000. The summed E-state index contributed by atoms with van der Waals surface area (Å²) in [6.07, 6.45) is 0.726. The second kappa shape index (κ2) is 12.3. The van der Waals surface area contributed by atoms with Crippen LogP contribution in [0.5, 0.6) is 5.75 Å². The molecule has 0 aliphatic heterocycles. The number of hydrogen-bond donors (Lipinski definition) is 4. The van der Waals surface area contributed by atoms with Gasteiger partial charge in [0.25, 0.3) is 5.91 Å². The first-order chi connectivity index (χ1) is 16.5. The first kappa shape index (κ1) is 27.8. The zero-order chi connectivity index (χ0) is 26.2. The van der Waals surface area contributed by atoms with Gasteiger partial charge in [-0.1, -0.05) is 36.4 Å². The minimum absolute atomic E-state index is 0.0197. The predicted molar refractivity (Wildman–Crippen MR) is 140 cm³/mol. The van der Waals surface area contributed by atoms with E-state index in [4.69, 9.17) is 4.74 Å². The molecular formula is C26H33N3O5S. The Morgan fingerprint density at radius 1 is 1.14 bits per heavy atom. The summed E-state index contributed by atoms with van der Waals surface area (Å²) in [6.45, 7) is 10.7. The highest BCUT2D eigenvalue weighted by molar-refractivity contribution is 7.80. The molecule has 3 amide bonds. The van der Waals surface area contributed by atoms with Crippen molar-refractivity contribution in [2.75, 3.05) is 17.6 Å². The van der Waals surface area contributed by atoms with Crippen LogP contribution in [0.25, 0.3) is 0 Å². The summed E-state index contributed by atoms with van der Waals surface area (Å²) >= 11 is 4.24. The number of para-hydroxylation sites is 1. The Kier molecular flexibility index (Phi) is 9.77. The summed E-state index contributed by atoms with van der Waals surface area (Å²) < 4.78 is 5.28. The van der Waals surface area contributed by atoms with Crippen LogP contribution in [-0.2, 0) is 14.3 Å². The standard InChI is InChI=1S/C26H33N3O5S/c1-6-15-29(24(32)21(16-35)28-25(33)34-26(3,4)5)22(18-11-13-19(30)14-12-18)23(31)27-20-10-8-7-9-17(20)2/h6-14,21-22,30,35H,1,15-16H2,2-5H3,(H,27,31)(H,28,33). The van der Waals surface area contributed by atoms with Crippen molar-refractivity contribution in [2.45, 2.75) is 45.4 Å². The fraction of sp³-hybridized carbons (Fsp3) is 0.346. The number of rotatable bonds is 9. The number of aryl methyl sites for hydroxylation is 1. The number of benzene rings is 2. The Bertz CT molecular complexity index is 1050. The number of phenolic OH excluding ortho intramolecular Hbond substituents is 1. The third kappa shape index (κ3) is 8.06. The van der Waals surface area contributed by atoms with Crippen LogP contribution in [0.1, 0.15) is 37.9 Å². The van der Waals surface area contributed by atoms with Gasteiger partial charge < -0.3 is 25.4 Å². The molecule has 2 atom stereocenters. The summed E-state index contributed by atoms with van der Waals surface area (Å²) in [7, 11) is 0. The van der Waals surface area contributed by atoms with Gasteiger partial charge in [-0.15, -0.1) is 6.58 Å². The highest BCUT2D eigenvalue weighted by Crippen LogP contribution is 2.27. The molecule has 0 bridgehead atoms. The zero-order valence-electron chi connectivity index (χ0n) is 20.4. The minimum Gasteiger partial charge on any atom is -0.508 e. The fourth-order valence-corrected chi connectivity index (χ4v) is 3.59. The topological polar surface area (TPSA) is 108 Å². The van der Waals surface area contributed by atoms with E-state index in [2.05, 4.69) is 29.8 Å². The molecule has 188 valence electrons. The van der Waals surface area contributed by atoms with Crippen LogP contribution in [0.3, 0.4) is 0 Å². The molecule has 2 rings (SSSR count). The van der Waals surface area contributed by atoms with Gasteiger partial charge in [0.2, 0.25) is 5.91 Å². The zero-order valence-corrected chi connectivity index (χ0v) is 21.3. The molecule has 0 aliphatic carbocycles. The molecule has 0 radical (unpaired) electrons. The molecule has 0 aliphatic rings. The number of aromatic hydroxyl groups is 1. The number of carbonyl (C=O) groups excluding carboxylic acids is 3. The second-order valence-electron chi connectivity index (χ2n) is 8.96. The van der Waals surface area contributed by atoms with Crippen LogP contribution in [0, 0.1) is 6.92 Å². The fourth-order valence-electron chi connectivity index (χ4n) is 3.34. The van der Waals surface area contributed by atoms with E-state index in [0.29, 0.717) is 11.3 Å². The quantitative estimate of drug-likeness (QED) is 0.305. The Balaban J connectivity index is 2.44. The summed E-state index contributed by atoms with van der Waals surface area (Å²) in [4.78, 5) is 40.8. The Morgan fingerprint density at radius 3 is 2.31 bits per heavy atom. The van der Waals surface area contributed by atoms with Gasteiger partial charge in [-0.25, -0.2) is 4.79 Å². The highest BCUT2D eigenvalue weighted by Gasteiger charge is 2.35. The minimum atomic E-state index is -1.08. The molecule has 2 aromatic carbocycles. The maximum atomic E-state index is 13.6. The van der Waals surface area contributed by atoms with Crippen molar-refractivity contribution in [3.05, 3.63) is 72.3 Å². The molecule has 0 heterocycles. The van der Waals surface area contributed by atoms with Gasteiger partial charge in [0.15, 0.2) is 0 Å². The van der Waals surface area contributed by atoms with Crippen molar-refractivity contribution in [1.82, 2.24) is 10.2 Å². The van der Waals surface area contributed by atoms with Gasteiger partial charge in [0.1, 0.15) is 23.4 Å². The monoisotopic (exact) mass is 499 g/mol. The lowest BCUT2D eigenvalue weighted by Crippen LogP contribution is -2.53. The van der Waals surface area contributed by atoms with Gasteiger partial charge >= 0.3 is 6.09 Å². The van der Waals surface area contributed by atoms with Crippen molar-refractivity contribution in [3.63, 3.8) is 0 Å². The number of thiol groups is 1. The van der Waals surface area contributed by atoms with E-state index in [1.807, 2.05) is 19.1 Å². The van der Waals surface area contributed by atoms with Crippen LogP contribution in [0.4, 0.5) is 10.5 Å². The van der Waals surface area contributed by atoms with Crippen molar-refractivity contribution in [2.24, 2.45) is 0 Å². The maximum absolute atomic E-state index is 13.6. The van der Waals surface area contributed by atoms with Crippen molar-refractivity contribution < 1.29 is 24.2 Å².